The van der Waals surface area contributed by atoms with E-state index < -0.39 is 0 Å². The maximum absolute atomic E-state index is 5.95. The predicted octanol–water partition coefficient (Wildman–Crippen LogP) is 3.26. The molecule has 1 aliphatic rings. The molecule has 1 fully saturated rings. The van der Waals surface area contributed by atoms with E-state index in [1.54, 1.807) is 0 Å². The van der Waals surface area contributed by atoms with Crippen molar-refractivity contribution in [2.45, 2.75) is 32.7 Å². The molecule has 0 saturated carbocycles. The summed E-state index contributed by atoms with van der Waals surface area (Å²) >= 11 is 3.64. The van der Waals surface area contributed by atoms with Gasteiger partial charge >= 0.3 is 0 Å². The van der Waals surface area contributed by atoms with E-state index in [0.29, 0.717) is 6.04 Å². The van der Waals surface area contributed by atoms with Crippen LogP contribution in [0.2, 0.25) is 0 Å². The van der Waals surface area contributed by atoms with Gasteiger partial charge in [-0.1, -0.05) is 6.92 Å². The zero-order valence-electron chi connectivity index (χ0n) is 12.1. The first kappa shape index (κ1) is 14.7. The van der Waals surface area contributed by atoms with Crippen molar-refractivity contribution in [2.24, 2.45) is 0 Å². The molecule has 3 nitrogen and oxygen atoms in total. The minimum atomic E-state index is 0.627. The Hall–Kier alpha value is -0.740. The van der Waals surface area contributed by atoms with E-state index >= 15 is 0 Å². The smallest absolute Gasteiger partial charge is 0.0514 e. The third kappa shape index (κ3) is 3.23. The molecule has 0 radical (unpaired) electrons. The Morgan fingerprint density at radius 1 is 1.37 bits per heavy atom. The minimum absolute atomic E-state index is 0.627. The number of likely N-dealkylation sites (tertiary alicyclic amines) is 1. The lowest BCUT2D eigenvalue weighted by atomic mass is 10.0. The van der Waals surface area contributed by atoms with Crippen LogP contribution >= 0.6 is 15.9 Å². The number of nitrogen functional groups attached to an aromatic ring is 1. The number of halogens is 1. The number of benzene rings is 1. The lowest BCUT2D eigenvalue weighted by Crippen LogP contribution is -2.43. The summed E-state index contributed by atoms with van der Waals surface area (Å²) in [4.78, 5) is 4.93. The third-order valence-electron chi connectivity index (χ3n) is 4.27. The van der Waals surface area contributed by atoms with E-state index in [2.05, 4.69) is 52.7 Å². The normalized spacial score (nSPS) is 17.7. The predicted molar refractivity (Wildman–Crippen MR) is 86.8 cm³/mol. The molecule has 4 heteroatoms. The largest absolute Gasteiger partial charge is 0.398 e. The van der Waals surface area contributed by atoms with Crippen molar-refractivity contribution in [3.8, 4) is 0 Å². The molecule has 0 spiro atoms. The van der Waals surface area contributed by atoms with E-state index in [9.17, 15) is 0 Å². The van der Waals surface area contributed by atoms with Crippen LogP contribution in [0.4, 0.5) is 11.4 Å². The van der Waals surface area contributed by atoms with Crippen LogP contribution in [-0.2, 0) is 0 Å². The summed E-state index contributed by atoms with van der Waals surface area (Å²) in [7, 11) is 2.20. The van der Waals surface area contributed by atoms with Crippen LogP contribution in [-0.4, -0.2) is 37.6 Å². The number of piperidine rings is 1. The average Bonchev–Trinajstić information content (AvgIpc) is 2.42. The van der Waals surface area contributed by atoms with Gasteiger partial charge in [-0.05, 0) is 59.9 Å². The van der Waals surface area contributed by atoms with Crippen LogP contribution < -0.4 is 10.6 Å². The molecule has 0 aliphatic carbocycles. The van der Waals surface area contributed by atoms with Gasteiger partial charge in [0.2, 0.25) is 0 Å². The maximum atomic E-state index is 5.95. The monoisotopic (exact) mass is 325 g/mol. The minimum Gasteiger partial charge on any atom is -0.398 e. The van der Waals surface area contributed by atoms with Gasteiger partial charge in [-0.25, -0.2) is 0 Å². The zero-order valence-corrected chi connectivity index (χ0v) is 13.7. The summed E-state index contributed by atoms with van der Waals surface area (Å²) in [6.45, 7) is 7.89. The summed E-state index contributed by atoms with van der Waals surface area (Å²) in [6.07, 6.45) is 2.47. The number of nitrogens with two attached hydrogens (primary N) is 1. The first-order chi connectivity index (χ1) is 9.02. The van der Waals surface area contributed by atoms with Crippen molar-refractivity contribution in [1.82, 2.24) is 4.90 Å². The molecule has 1 aromatic rings. The van der Waals surface area contributed by atoms with Gasteiger partial charge in [0.25, 0.3) is 0 Å². The Kier molecular flexibility index (Phi) is 4.74. The van der Waals surface area contributed by atoms with E-state index in [-0.39, 0.29) is 0 Å². The Balaban J connectivity index is 2.12. The second-order valence-electron chi connectivity index (χ2n) is 5.44. The molecule has 0 unspecified atom stereocenters. The SMILES string of the molecule is CCN1CCC(N(C)c2cc(C)c(N)cc2Br)CC1. The Labute approximate surface area is 124 Å². The topological polar surface area (TPSA) is 32.5 Å². The molecule has 0 aromatic heterocycles. The fourth-order valence-electron chi connectivity index (χ4n) is 2.77. The van der Waals surface area contributed by atoms with Gasteiger partial charge in [0, 0.05) is 36.3 Å². The van der Waals surface area contributed by atoms with Gasteiger partial charge in [-0.3, -0.25) is 0 Å². The lowest BCUT2D eigenvalue weighted by Gasteiger charge is -2.38. The molecule has 1 saturated heterocycles. The van der Waals surface area contributed by atoms with Gasteiger partial charge in [0.15, 0.2) is 0 Å². The summed E-state index contributed by atoms with van der Waals surface area (Å²) in [6, 6.07) is 4.83. The van der Waals surface area contributed by atoms with Gasteiger partial charge in [0.1, 0.15) is 0 Å². The zero-order chi connectivity index (χ0) is 14.0. The van der Waals surface area contributed by atoms with E-state index in [1.807, 2.05) is 6.07 Å². The van der Waals surface area contributed by atoms with Crippen molar-refractivity contribution >= 4 is 27.3 Å². The van der Waals surface area contributed by atoms with Crippen molar-refractivity contribution < 1.29 is 0 Å². The van der Waals surface area contributed by atoms with Crippen LogP contribution in [0.15, 0.2) is 16.6 Å². The standard InChI is InChI=1S/C15H24BrN3/c1-4-19-7-5-12(6-8-19)18(3)15-9-11(2)14(17)10-13(15)16/h9-10,12H,4-8,17H2,1-3H3. The van der Waals surface area contributed by atoms with Crippen LogP contribution in [0, 0.1) is 6.92 Å². The molecule has 1 aromatic carbocycles. The van der Waals surface area contributed by atoms with Crippen LogP contribution in [0.3, 0.4) is 0 Å². The van der Waals surface area contributed by atoms with E-state index in [1.165, 1.54) is 38.2 Å². The highest BCUT2D eigenvalue weighted by Gasteiger charge is 2.23. The van der Waals surface area contributed by atoms with Crippen LogP contribution in [0.5, 0.6) is 0 Å². The molecular formula is C15H24BrN3. The molecule has 1 aliphatic heterocycles. The molecule has 0 atom stereocenters. The van der Waals surface area contributed by atoms with Crippen molar-refractivity contribution in [2.75, 3.05) is 37.3 Å². The maximum Gasteiger partial charge on any atom is 0.0514 e. The second kappa shape index (κ2) is 6.14. The molecule has 19 heavy (non-hydrogen) atoms. The average molecular weight is 326 g/mol. The fraction of sp³-hybridized carbons (Fsp3) is 0.600. The molecular weight excluding hydrogens is 302 g/mol. The molecule has 0 bridgehead atoms. The quantitative estimate of drug-likeness (QED) is 0.866. The van der Waals surface area contributed by atoms with Crippen molar-refractivity contribution in [1.29, 1.82) is 0 Å². The van der Waals surface area contributed by atoms with Gasteiger partial charge in [0.05, 0.1) is 5.69 Å². The number of rotatable bonds is 3. The number of anilines is 2. The fourth-order valence-corrected chi connectivity index (χ4v) is 3.41. The Morgan fingerprint density at radius 3 is 2.58 bits per heavy atom. The molecule has 0 amide bonds. The number of aryl methyl sites for hydroxylation is 1. The van der Waals surface area contributed by atoms with E-state index in [4.69, 9.17) is 5.73 Å². The molecule has 2 rings (SSSR count). The molecule has 2 N–H and O–H groups in total. The first-order valence-corrected chi connectivity index (χ1v) is 7.83. The Morgan fingerprint density at radius 2 is 2.00 bits per heavy atom. The summed E-state index contributed by atoms with van der Waals surface area (Å²) in [5.74, 6) is 0. The van der Waals surface area contributed by atoms with Gasteiger partial charge < -0.3 is 15.5 Å². The number of nitrogens with zero attached hydrogens (tertiary/aromatic N) is 2. The van der Waals surface area contributed by atoms with E-state index in [0.717, 1.165) is 15.7 Å². The summed E-state index contributed by atoms with van der Waals surface area (Å²) in [5, 5.41) is 0. The highest BCUT2D eigenvalue weighted by Crippen LogP contribution is 2.32. The van der Waals surface area contributed by atoms with Crippen molar-refractivity contribution in [3.63, 3.8) is 0 Å². The van der Waals surface area contributed by atoms with Gasteiger partial charge in [-0.2, -0.15) is 0 Å². The second-order valence-corrected chi connectivity index (χ2v) is 6.29. The molecule has 106 valence electrons. The van der Waals surface area contributed by atoms with Crippen LogP contribution in [0.1, 0.15) is 25.3 Å². The Bertz CT molecular complexity index is 439. The summed E-state index contributed by atoms with van der Waals surface area (Å²) in [5.41, 5.74) is 9.20. The first-order valence-electron chi connectivity index (χ1n) is 7.03. The summed E-state index contributed by atoms with van der Waals surface area (Å²) < 4.78 is 1.09. The highest BCUT2D eigenvalue weighted by molar-refractivity contribution is 9.10. The van der Waals surface area contributed by atoms with Gasteiger partial charge in [-0.15, -0.1) is 0 Å². The number of hydrogen-bond donors (Lipinski definition) is 1. The molecule has 1 heterocycles. The third-order valence-corrected chi connectivity index (χ3v) is 4.90. The van der Waals surface area contributed by atoms with Crippen LogP contribution in [0.25, 0.3) is 0 Å². The number of hydrogen-bond acceptors (Lipinski definition) is 3. The lowest BCUT2D eigenvalue weighted by molar-refractivity contribution is 0.221. The van der Waals surface area contributed by atoms with Crippen molar-refractivity contribution in [3.05, 3.63) is 22.2 Å². The highest BCUT2D eigenvalue weighted by atomic mass is 79.9.